The largest absolute Gasteiger partial charge is 0.475 e. The second-order valence-corrected chi connectivity index (χ2v) is 3.06. The lowest BCUT2D eigenvalue weighted by Gasteiger charge is -2.06. The van der Waals surface area contributed by atoms with Crippen molar-refractivity contribution in [2.24, 2.45) is 0 Å². The fourth-order valence-electron chi connectivity index (χ4n) is 1.05. The van der Waals surface area contributed by atoms with Crippen LogP contribution in [-0.4, -0.2) is 43.5 Å². The standard InChI is InChI=1S/C10H17N3O3/c1-14-5-2-6-15-7-8-16-9-3-4-12-10(11)13-9/h3-4H,2,5-8H2,1H3,(H2,11,12,13). The molecule has 0 aliphatic heterocycles. The van der Waals surface area contributed by atoms with Crippen molar-refractivity contribution in [3.8, 4) is 5.88 Å². The van der Waals surface area contributed by atoms with Crippen molar-refractivity contribution in [3.05, 3.63) is 12.3 Å². The fourth-order valence-corrected chi connectivity index (χ4v) is 1.05. The molecular weight excluding hydrogens is 210 g/mol. The molecule has 1 aromatic heterocycles. The van der Waals surface area contributed by atoms with Crippen molar-refractivity contribution in [3.63, 3.8) is 0 Å². The Morgan fingerprint density at radius 1 is 1.25 bits per heavy atom. The van der Waals surface area contributed by atoms with Gasteiger partial charge in [-0.15, -0.1) is 0 Å². The van der Waals surface area contributed by atoms with E-state index in [0.29, 0.717) is 32.3 Å². The van der Waals surface area contributed by atoms with E-state index in [1.54, 1.807) is 19.4 Å². The molecule has 0 unspecified atom stereocenters. The molecule has 1 heterocycles. The summed E-state index contributed by atoms with van der Waals surface area (Å²) in [6, 6.07) is 1.65. The Bertz CT molecular complexity index is 296. The van der Waals surface area contributed by atoms with Crippen molar-refractivity contribution in [2.75, 3.05) is 39.3 Å². The summed E-state index contributed by atoms with van der Waals surface area (Å²) in [5.41, 5.74) is 5.40. The summed E-state index contributed by atoms with van der Waals surface area (Å²) in [5.74, 6) is 0.673. The molecule has 0 aliphatic carbocycles. The number of hydrogen-bond acceptors (Lipinski definition) is 6. The normalized spacial score (nSPS) is 10.3. The average molecular weight is 227 g/mol. The molecule has 0 saturated heterocycles. The molecule has 0 fully saturated rings. The van der Waals surface area contributed by atoms with Crippen LogP contribution in [0.25, 0.3) is 0 Å². The quantitative estimate of drug-likeness (QED) is 0.651. The van der Waals surface area contributed by atoms with Crippen molar-refractivity contribution in [2.45, 2.75) is 6.42 Å². The number of nitrogens with two attached hydrogens (primary N) is 1. The van der Waals surface area contributed by atoms with Gasteiger partial charge < -0.3 is 19.9 Å². The summed E-state index contributed by atoms with van der Waals surface area (Å²) in [6.07, 6.45) is 2.44. The number of methoxy groups -OCH3 is 1. The third-order valence-electron chi connectivity index (χ3n) is 1.76. The van der Waals surface area contributed by atoms with E-state index in [1.807, 2.05) is 0 Å². The van der Waals surface area contributed by atoms with Gasteiger partial charge >= 0.3 is 0 Å². The molecule has 90 valence electrons. The minimum atomic E-state index is 0.207. The Balaban J connectivity index is 2.03. The van der Waals surface area contributed by atoms with E-state index in [4.69, 9.17) is 19.9 Å². The summed E-state index contributed by atoms with van der Waals surface area (Å²) in [5, 5.41) is 0. The smallest absolute Gasteiger partial charge is 0.223 e. The van der Waals surface area contributed by atoms with Crippen molar-refractivity contribution in [1.82, 2.24) is 9.97 Å². The van der Waals surface area contributed by atoms with E-state index < -0.39 is 0 Å². The van der Waals surface area contributed by atoms with Crippen molar-refractivity contribution < 1.29 is 14.2 Å². The van der Waals surface area contributed by atoms with Crippen LogP contribution in [0.5, 0.6) is 5.88 Å². The zero-order chi connectivity index (χ0) is 11.6. The van der Waals surface area contributed by atoms with Crippen LogP contribution >= 0.6 is 0 Å². The molecule has 0 radical (unpaired) electrons. The Hall–Kier alpha value is -1.40. The summed E-state index contributed by atoms with van der Waals surface area (Å²) < 4.78 is 15.5. The number of rotatable bonds is 8. The van der Waals surface area contributed by atoms with Crippen LogP contribution in [0.3, 0.4) is 0 Å². The second kappa shape index (κ2) is 7.84. The molecule has 1 rings (SSSR count). The van der Waals surface area contributed by atoms with E-state index in [-0.39, 0.29) is 5.95 Å². The number of aromatic nitrogens is 2. The van der Waals surface area contributed by atoms with E-state index in [0.717, 1.165) is 6.42 Å². The maximum Gasteiger partial charge on any atom is 0.223 e. The van der Waals surface area contributed by atoms with Gasteiger partial charge in [-0.1, -0.05) is 0 Å². The van der Waals surface area contributed by atoms with E-state index in [9.17, 15) is 0 Å². The minimum Gasteiger partial charge on any atom is -0.475 e. The minimum absolute atomic E-state index is 0.207. The molecule has 16 heavy (non-hydrogen) atoms. The van der Waals surface area contributed by atoms with Gasteiger partial charge in [0, 0.05) is 32.6 Å². The van der Waals surface area contributed by atoms with Gasteiger partial charge in [0.25, 0.3) is 0 Å². The van der Waals surface area contributed by atoms with Crippen LogP contribution in [0.4, 0.5) is 5.95 Å². The molecule has 0 amide bonds. The van der Waals surface area contributed by atoms with Gasteiger partial charge in [0.2, 0.25) is 11.8 Å². The lowest BCUT2D eigenvalue weighted by atomic mass is 10.5. The second-order valence-electron chi connectivity index (χ2n) is 3.06. The first kappa shape index (κ1) is 12.7. The molecule has 6 nitrogen and oxygen atoms in total. The highest BCUT2D eigenvalue weighted by atomic mass is 16.5. The van der Waals surface area contributed by atoms with Crippen LogP contribution in [0, 0.1) is 0 Å². The molecule has 0 aromatic carbocycles. The molecule has 0 atom stereocenters. The monoisotopic (exact) mass is 227 g/mol. The number of anilines is 1. The number of ether oxygens (including phenoxy) is 3. The highest BCUT2D eigenvalue weighted by Gasteiger charge is 1.96. The van der Waals surface area contributed by atoms with Gasteiger partial charge in [0.15, 0.2) is 0 Å². The van der Waals surface area contributed by atoms with Crippen LogP contribution < -0.4 is 10.5 Å². The number of nitrogens with zero attached hydrogens (tertiary/aromatic N) is 2. The maximum atomic E-state index is 5.40. The Morgan fingerprint density at radius 3 is 2.88 bits per heavy atom. The van der Waals surface area contributed by atoms with Gasteiger partial charge in [0.1, 0.15) is 6.61 Å². The van der Waals surface area contributed by atoms with E-state index in [2.05, 4.69) is 9.97 Å². The summed E-state index contributed by atoms with van der Waals surface area (Å²) >= 11 is 0. The highest BCUT2D eigenvalue weighted by Crippen LogP contribution is 2.05. The first-order chi connectivity index (χ1) is 7.83. The summed E-state index contributed by atoms with van der Waals surface area (Å²) in [7, 11) is 1.67. The topological polar surface area (TPSA) is 79.5 Å². The van der Waals surface area contributed by atoms with Crippen LogP contribution in [0.1, 0.15) is 6.42 Å². The van der Waals surface area contributed by atoms with Crippen molar-refractivity contribution >= 4 is 5.95 Å². The number of nitrogen functional groups attached to an aromatic ring is 1. The molecular formula is C10H17N3O3. The third-order valence-corrected chi connectivity index (χ3v) is 1.76. The zero-order valence-electron chi connectivity index (χ0n) is 9.39. The predicted octanol–water partition coefficient (Wildman–Crippen LogP) is 0.491. The molecule has 2 N–H and O–H groups in total. The lowest BCUT2D eigenvalue weighted by Crippen LogP contribution is -2.09. The first-order valence-electron chi connectivity index (χ1n) is 5.11. The van der Waals surface area contributed by atoms with Gasteiger partial charge in [0.05, 0.1) is 6.61 Å². The van der Waals surface area contributed by atoms with Gasteiger partial charge in [-0.25, -0.2) is 4.98 Å². The fraction of sp³-hybridized carbons (Fsp3) is 0.600. The predicted molar refractivity (Wildman–Crippen MR) is 59.3 cm³/mol. The Labute approximate surface area is 94.7 Å². The summed E-state index contributed by atoms with van der Waals surface area (Å²) in [4.78, 5) is 7.65. The SMILES string of the molecule is COCCCOCCOc1ccnc(N)n1. The number of hydrogen-bond donors (Lipinski definition) is 1. The zero-order valence-corrected chi connectivity index (χ0v) is 9.39. The Morgan fingerprint density at radius 2 is 2.12 bits per heavy atom. The lowest BCUT2D eigenvalue weighted by molar-refractivity contribution is 0.0795. The third kappa shape index (κ3) is 5.47. The van der Waals surface area contributed by atoms with E-state index >= 15 is 0 Å². The molecule has 1 aromatic rings. The summed E-state index contributed by atoms with van der Waals surface area (Å²) in [6.45, 7) is 2.35. The molecule has 0 aliphatic rings. The van der Waals surface area contributed by atoms with Gasteiger partial charge in [-0.2, -0.15) is 4.98 Å². The van der Waals surface area contributed by atoms with Gasteiger partial charge in [-0.3, -0.25) is 0 Å². The van der Waals surface area contributed by atoms with E-state index in [1.165, 1.54) is 0 Å². The van der Waals surface area contributed by atoms with Crippen molar-refractivity contribution in [1.29, 1.82) is 0 Å². The molecule has 0 spiro atoms. The first-order valence-corrected chi connectivity index (χ1v) is 5.11. The van der Waals surface area contributed by atoms with Gasteiger partial charge in [-0.05, 0) is 6.42 Å². The highest BCUT2D eigenvalue weighted by molar-refractivity contribution is 5.20. The molecule has 0 saturated carbocycles. The maximum absolute atomic E-state index is 5.40. The molecule has 6 heteroatoms. The average Bonchev–Trinajstić information content (AvgIpc) is 2.28. The Kier molecular flexibility index (Phi) is 6.20. The van der Waals surface area contributed by atoms with Crippen LogP contribution in [-0.2, 0) is 9.47 Å². The van der Waals surface area contributed by atoms with Crippen LogP contribution in [0.2, 0.25) is 0 Å². The molecule has 0 bridgehead atoms. The van der Waals surface area contributed by atoms with Crippen LogP contribution in [0.15, 0.2) is 12.3 Å².